The third-order valence-corrected chi connectivity index (χ3v) is 4.37. The van der Waals surface area contributed by atoms with Gasteiger partial charge in [0.15, 0.2) is 0 Å². The first-order valence-electron chi connectivity index (χ1n) is 7.06. The van der Waals surface area contributed by atoms with Gasteiger partial charge in [-0.05, 0) is 48.6 Å². The van der Waals surface area contributed by atoms with Crippen LogP contribution in [0.3, 0.4) is 0 Å². The van der Waals surface area contributed by atoms with E-state index in [0.717, 1.165) is 30.0 Å². The van der Waals surface area contributed by atoms with Crippen LogP contribution in [0.1, 0.15) is 24.0 Å². The van der Waals surface area contributed by atoms with Crippen molar-refractivity contribution in [1.29, 1.82) is 0 Å². The Labute approximate surface area is 125 Å². The van der Waals surface area contributed by atoms with Gasteiger partial charge in [0.2, 0.25) is 0 Å². The van der Waals surface area contributed by atoms with Gasteiger partial charge in [-0.3, -0.25) is 0 Å². The molecule has 0 fully saturated rings. The molecule has 0 spiro atoms. The molecule has 1 aliphatic carbocycles. The van der Waals surface area contributed by atoms with Gasteiger partial charge in [0.05, 0.1) is 5.54 Å². The molecule has 3 heteroatoms. The first kappa shape index (κ1) is 13.5. The van der Waals surface area contributed by atoms with E-state index >= 15 is 0 Å². The second-order valence-electron chi connectivity index (χ2n) is 5.43. The minimum atomic E-state index is -0.181. The average molecular weight is 287 g/mol. The molecular weight excluding hydrogens is 268 g/mol. The van der Waals surface area contributed by atoms with Crippen molar-refractivity contribution in [2.24, 2.45) is 5.73 Å². The fourth-order valence-corrected chi connectivity index (χ4v) is 3.35. The van der Waals surface area contributed by atoms with Gasteiger partial charge in [-0.15, -0.1) is 0 Å². The summed E-state index contributed by atoms with van der Waals surface area (Å²) in [6.07, 6.45) is 3.34. The van der Waals surface area contributed by atoms with Gasteiger partial charge < -0.3 is 11.1 Å². The molecule has 0 amide bonds. The predicted octanol–water partition coefficient (Wildman–Crippen LogP) is 3.94. The lowest BCUT2D eigenvalue weighted by Crippen LogP contribution is -2.45. The van der Waals surface area contributed by atoms with E-state index in [9.17, 15) is 0 Å². The molecule has 1 atom stereocenters. The van der Waals surface area contributed by atoms with Crippen molar-refractivity contribution in [3.63, 3.8) is 0 Å². The van der Waals surface area contributed by atoms with Crippen LogP contribution >= 0.6 is 11.6 Å². The molecule has 0 aliphatic heterocycles. The first-order chi connectivity index (χ1) is 9.73. The predicted molar refractivity (Wildman–Crippen MR) is 85.2 cm³/mol. The highest BCUT2D eigenvalue weighted by Gasteiger charge is 2.35. The molecule has 3 rings (SSSR count). The van der Waals surface area contributed by atoms with Crippen molar-refractivity contribution in [2.75, 3.05) is 11.9 Å². The number of halogens is 1. The zero-order chi connectivity index (χ0) is 14.0. The monoisotopic (exact) mass is 286 g/mol. The van der Waals surface area contributed by atoms with Gasteiger partial charge in [-0.2, -0.15) is 0 Å². The Morgan fingerprint density at radius 1 is 1.15 bits per heavy atom. The molecule has 2 aromatic carbocycles. The van der Waals surface area contributed by atoms with Crippen LogP contribution in [0.25, 0.3) is 0 Å². The van der Waals surface area contributed by atoms with Crippen molar-refractivity contribution < 1.29 is 0 Å². The third kappa shape index (κ3) is 2.41. The second-order valence-corrected chi connectivity index (χ2v) is 5.87. The Balaban J connectivity index is 2.00. The lowest BCUT2D eigenvalue weighted by molar-refractivity contribution is 0.417. The molecule has 1 unspecified atom stereocenters. The van der Waals surface area contributed by atoms with Crippen molar-refractivity contribution >= 4 is 17.3 Å². The van der Waals surface area contributed by atoms with E-state index < -0.39 is 0 Å². The maximum absolute atomic E-state index is 6.14. The third-order valence-electron chi connectivity index (χ3n) is 4.14. The Morgan fingerprint density at radius 3 is 2.80 bits per heavy atom. The quantitative estimate of drug-likeness (QED) is 0.897. The summed E-state index contributed by atoms with van der Waals surface area (Å²) in [4.78, 5) is 0. The van der Waals surface area contributed by atoms with Crippen LogP contribution in [0.2, 0.25) is 5.02 Å². The molecule has 20 heavy (non-hydrogen) atoms. The van der Waals surface area contributed by atoms with Crippen LogP contribution < -0.4 is 11.1 Å². The lowest BCUT2D eigenvalue weighted by atomic mass is 9.76. The maximum Gasteiger partial charge on any atom is 0.0750 e. The van der Waals surface area contributed by atoms with Crippen LogP contribution in [0, 0.1) is 0 Å². The highest BCUT2D eigenvalue weighted by molar-refractivity contribution is 6.30. The summed E-state index contributed by atoms with van der Waals surface area (Å²) in [5.74, 6) is 0. The molecule has 0 aromatic heterocycles. The van der Waals surface area contributed by atoms with Crippen LogP contribution in [0.15, 0.2) is 48.5 Å². The molecule has 104 valence electrons. The second kappa shape index (κ2) is 5.47. The molecule has 2 aromatic rings. The van der Waals surface area contributed by atoms with E-state index in [0.29, 0.717) is 6.54 Å². The normalized spacial score (nSPS) is 21.3. The molecule has 0 heterocycles. The number of aryl methyl sites for hydroxylation is 1. The molecular formula is C17H19ClN2. The van der Waals surface area contributed by atoms with E-state index in [4.69, 9.17) is 17.3 Å². The molecule has 0 radical (unpaired) electrons. The maximum atomic E-state index is 6.14. The summed E-state index contributed by atoms with van der Waals surface area (Å²) in [6.45, 7) is 0.580. The molecule has 2 nitrogen and oxygen atoms in total. The van der Waals surface area contributed by atoms with Crippen LogP contribution in [-0.2, 0) is 12.0 Å². The lowest BCUT2D eigenvalue weighted by Gasteiger charge is -2.40. The minimum absolute atomic E-state index is 0.181. The summed E-state index contributed by atoms with van der Waals surface area (Å²) < 4.78 is 0. The molecule has 0 saturated heterocycles. The van der Waals surface area contributed by atoms with E-state index in [1.165, 1.54) is 11.1 Å². The highest BCUT2D eigenvalue weighted by Crippen LogP contribution is 2.37. The summed E-state index contributed by atoms with van der Waals surface area (Å²) in [5.41, 5.74) is 9.72. The Bertz CT molecular complexity index is 611. The van der Waals surface area contributed by atoms with Gasteiger partial charge in [0, 0.05) is 17.3 Å². The fraction of sp³-hybridized carbons (Fsp3) is 0.294. The molecule has 1 aliphatic rings. The Hall–Kier alpha value is -1.51. The van der Waals surface area contributed by atoms with E-state index in [2.05, 4.69) is 29.6 Å². The first-order valence-corrected chi connectivity index (χ1v) is 7.43. The largest absolute Gasteiger partial charge is 0.374 e. The van der Waals surface area contributed by atoms with Gasteiger partial charge in [0.1, 0.15) is 0 Å². The van der Waals surface area contributed by atoms with Crippen LogP contribution in [0.5, 0.6) is 0 Å². The van der Waals surface area contributed by atoms with Crippen LogP contribution in [0.4, 0.5) is 5.69 Å². The topological polar surface area (TPSA) is 38.0 Å². The number of benzene rings is 2. The summed E-state index contributed by atoms with van der Waals surface area (Å²) >= 11 is 6.08. The van der Waals surface area contributed by atoms with Crippen molar-refractivity contribution in [3.05, 3.63) is 64.7 Å². The van der Waals surface area contributed by atoms with Gasteiger partial charge in [-0.25, -0.2) is 0 Å². The molecule has 3 N–H and O–H groups in total. The van der Waals surface area contributed by atoms with Gasteiger partial charge in [0.25, 0.3) is 0 Å². The smallest absolute Gasteiger partial charge is 0.0750 e. The molecule has 0 bridgehead atoms. The summed E-state index contributed by atoms with van der Waals surface area (Å²) in [6, 6.07) is 16.4. The molecule has 0 saturated carbocycles. The van der Waals surface area contributed by atoms with Crippen LogP contribution in [-0.4, -0.2) is 6.54 Å². The van der Waals surface area contributed by atoms with Crippen molar-refractivity contribution in [3.8, 4) is 0 Å². The van der Waals surface area contributed by atoms with Gasteiger partial charge in [-0.1, -0.05) is 41.9 Å². The average Bonchev–Trinajstić information content (AvgIpc) is 2.47. The number of rotatable bonds is 3. The number of anilines is 1. The standard InChI is InChI=1S/C17H19ClN2/c18-14-7-3-8-15(11-14)20-17(12-19)10-4-6-13-5-1-2-9-16(13)17/h1-3,5,7-9,11,20H,4,6,10,12,19H2. The zero-order valence-corrected chi connectivity index (χ0v) is 12.2. The number of fused-ring (bicyclic) bond motifs is 1. The number of nitrogens with one attached hydrogen (secondary N) is 1. The Morgan fingerprint density at radius 2 is 2.00 bits per heavy atom. The Kier molecular flexibility index (Phi) is 3.68. The van der Waals surface area contributed by atoms with Crippen molar-refractivity contribution in [1.82, 2.24) is 0 Å². The summed E-state index contributed by atoms with van der Waals surface area (Å²) in [7, 11) is 0. The minimum Gasteiger partial charge on any atom is -0.374 e. The number of hydrogen-bond acceptors (Lipinski definition) is 2. The number of hydrogen-bond donors (Lipinski definition) is 2. The summed E-state index contributed by atoms with van der Waals surface area (Å²) in [5, 5.41) is 4.37. The highest BCUT2D eigenvalue weighted by atomic mass is 35.5. The fourth-order valence-electron chi connectivity index (χ4n) is 3.16. The van der Waals surface area contributed by atoms with E-state index in [1.807, 2.05) is 24.3 Å². The van der Waals surface area contributed by atoms with E-state index in [1.54, 1.807) is 0 Å². The SMILES string of the molecule is NCC1(Nc2cccc(Cl)c2)CCCc2ccccc21. The van der Waals surface area contributed by atoms with Crippen molar-refractivity contribution in [2.45, 2.75) is 24.8 Å². The van der Waals surface area contributed by atoms with Gasteiger partial charge >= 0.3 is 0 Å². The number of nitrogens with two attached hydrogens (primary N) is 1. The zero-order valence-electron chi connectivity index (χ0n) is 11.4. The van der Waals surface area contributed by atoms with E-state index in [-0.39, 0.29) is 5.54 Å².